The molecule has 2 fully saturated rings. The van der Waals surface area contributed by atoms with Crippen molar-refractivity contribution in [3.05, 3.63) is 18.5 Å². The number of hydrogen-bond acceptors (Lipinski definition) is 3. The maximum Gasteiger partial charge on any atom is 0.0489 e. The fourth-order valence-electron chi connectivity index (χ4n) is 2.64. The topological polar surface area (TPSA) is 33.1 Å². The molecule has 1 atom stereocenters. The maximum absolute atomic E-state index is 4.23. The number of rotatable bonds is 6. The van der Waals surface area contributed by atoms with Crippen LogP contribution in [-0.4, -0.2) is 46.4 Å². The molecule has 1 aromatic heterocycles. The normalized spacial score (nSPS) is 25.5. The summed E-state index contributed by atoms with van der Waals surface area (Å²) in [5.41, 5.74) is 0. The molecule has 3 rings (SSSR count). The number of aromatic nitrogens is 2. The molecule has 0 spiro atoms. The molecule has 0 aromatic carbocycles. The lowest BCUT2D eigenvalue weighted by Gasteiger charge is -2.16. The van der Waals surface area contributed by atoms with Crippen LogP contribution < -0.4 is 5.32 Å². The number of likely N-dealkylation sites (tertiary alicyclic amines) is 1. The first kappa shape index (κ1) is 11.2. The highest BCUT2D eigenvalue weighted by atomic mass is 15.3. The summed E-state index contributed by atoms with van der Waals surface area (Å²) in [5, 5.41) is 7.96. The Morgan fingerprint density at radius 2 is 2.12 bits per heavy atom. The summed E-state index contributed by atoms with van der Waals surface area (Å²) in [4.78, 5) is 2.59. The Bertz CT molecular complexity index is 331. The van der Waals surface area contributed by atoms with E-state index in [1.165, 1.54) is 45.3 Å². The molecule has 4 nitrogen and oxygen atoms in total. The Kier molecular flexibility index (Phi) is 3.43. The van der Waals surface area contributed by atoms with E-state index in [-0.39, 0.29) is 0 Å². The average Bonchev–Trinajstić information content (AvgIpc) is 2.80. The van der Waals surface area contributed by atoms with Crippen LogP contribution in [0.3, 0.4) is 0 Å². The smallest absolute Gasteiger partial charge is 0.0489 e. The average molecular weight is 234 g/mol. The summed E-state index contributed by atoms with van der Waals surface area (Å²) in [6.07, 6.45) is 9.23. The van der Waals surface area contributed by atoms with Crippen molar-refractivity contribution < 1.29 is 0 Å². The summed E-state index contributed by atoms with van der Waals surface area (Å²) in [6.45, 7) is 4.77. The third kappa shape index (κ3) is 3.30. The van der Waals surface area contributed by atoms with Crippen LogP contribution in [-0.2, 0) is 6.54 Å². The lowest BCUT2D eigenvalue weighted by atomic mass is 10.2. The third-order valence-electron chi connectivity index (χ3n) is 3.74. The number of hydrogen-bond donors (Lipinski definition) is 1. The van der Waals surface area contributed by atoms with Gasteiger partial charge in [-0.2, -0.15) is 5.10 Å². The third-order valence-corrected chi connectivity index (χ3v) is 3.74. The molecule has 4 heteroatoms. The Balaban J connectivity index is 1.33. The monoisotopic (exact) mass is 234 g/mol. The predicted molar refractivity (Wildman–Crippen MR) is 67.8 cm³/mol. The molecule has 1 aliphatic carbocycles. The van der Waals surface area contributed by atoms with Gasteiger partial charge in [0.2, 0.25) is 0 Å². The van der Waals surface area contributed by atoms with E-state index in [9.17, 15) is 0 Å². The molecule has 2 aliphatic rings. The van der Waals surface area contributed by atoms with Crippen molar-refractivity contribution in [3.63, 3.8) is 0 Å². The van der Waals surface area contributed by atoms with E-state index in [1.54, 1.807) is 0 Å². The van der Waals surface area contributed by atoms with Crippen molar-refractivity contribution in [2.24, 2.45) is 0 Å². The van der Waals surface area contributed by atoms with E-state index < -0.39 is 0 Å². The molecule has 0 bridgehead atoms. The maximum atomic E-state index is 4.23. The Hall–Kier alpha value is -0.870. The van der Waals surface area contributed by atoms with Gasteiger partial charge in [0.15, 0.2) is 0 Å². The van der Waals surface area contributed by atoms with Crippen LogP contribution in [0.5, 0.6) is 0 Å². The molecule has 1 aromatic rings. The van der Waals surface area contributed by atoms with Crippen molar-refractivity contribution in [3.8, 4) is 0 Å². The number of nitrogens with one attached hydrogen (secondary N) is 1. The molecule has 0 amide bonds. The second-order valence-corrected chi connectivity index (χ2v) is 5.35. The molecule has 94 valence electrons. The van der Waals surface area contributed by atoms with Gasteiger partial charge in [-0.1, -0.05) is 0 Å². The summed E-state index contributed by atoms with van der Waals surface area (Å²) in [5.74, 6) is 0. The van der Waals surface area contributed by atoms with E-state index in [2.05, 4.69) is 15.3 Å². The van der Waals surface area contributed by atoms with Crippen LogP contribution in [0.4, 0.5) is 0 Å². The van der Waals surface area contributed by atoms with Crippen LogP contribution in [0.1, 0.15) is 25.7 Å². The molecular weight excluding hydrogens is 212 g/mol. The summed E-state index contributed by atoms with van der Waals surface area (Å²) in [6, 6.07) is 3.60. The van der Waals surface area contributed by atoms with Gasteiger partial charge < -0.3 is 10.2 Å². The van der Waals surface area contributed by atoms with Gasteiger partial charge in [-0.25, -0.2) is 0 Å². The van der Waals surface area contributed by atoms with Gasteiger partial charge >= 0.3 is 0 Å². The minimum atomic E-state index is 0.757. The van der Waals surface area contributed by atoms with Crippen molar-refractivity contribution in [1.82, 2.24) is 20.0 Å². The Labute approximate surface area is 103 Å². The number of nitrogens with zero attached hydrogens (tertiary/aromatic N) is 3. The molecule has 1 aliphatic heterocycles. The molecular formula is C13H22N4. The van der Waals surface area contributed by atoms with Crippen LogP contribution in [0, 0.1) is 0 Å². The first-order valence-electron chi connectivity index (χ1n) is 6.86. The summed E-state index contributed by atoms with van der Waals surface area (Å²) >= 11 is 0. The fourth-order valence-corrected chi connectivity index (χ4v) is 2.64. The predicted octanol–water partition coefficient (Wildman–Crippen LogP) is 1.10. The van der Waals surface area contributed by atoms with E-state index in [4.69, 9.17) is 0 Å². The molecule has 1 unspecified atom stereocenters. The van der Waals surface area contributed by atoms with Crippen molar-refractivity contribution in [1.29, 1.82) is 0 Å². The van der Waals surface area contributed by atoms with Gasteiger partial charge in [0, 0.05) is 37.6 Å². The zero-order chi connectivity index (χ0) is 11.5. The van der Waals surface area contributed by atoms with Crippen LogP contribution in [0.2, 0.25) is 0 Å². The van der Waals surface area contributed by atoms with E-state index in [0.29, 0.717) is 0 Å². The van der Waals surface area contributed by atoms with Gasteiger partial charge in [0.05, 0.1) is 0 Å². The highest BCUT2D eigenvalue weighted by Gasteiger charge is 2.28. The fraction of sp³-hybridized carbons (Fsp3) is 0.769. The lowest BCUT2D eigenvalue weighted by Crippen LogP contribution is -2.34. The zero-order valence-electron chi connectivity index (χ0n) is 10.4. The second kappa shape index (κ2) is 5.19. The van der Waals surface area contributed by atoms with Gasteiger partial charge in [0.1, 0.15) is 0 Å². The minimum absolute atomic E-state index is 0.757. The van der Waals surface area contributed by atoms with E-state index in [0.717, 1.165) is 18.6 Å². The minimum Gasteiger partial charge on any atom is -0.310 e. The van der Waals surface area contributed by atoms with Crippen molar-refractivity contribution in [2.75, 3.05) is 19.6 Å². The first-order chi connectivity index (χ1) is 8.40. The second-order valence-electron chi connectivity index (χ2n) is 5.35. The first-order valence-corrected chi connectivity index (χ1v) is 6.86. The molecule has 17 heavy (non-hydrogen) atoms. The summed E-state index contributed by atoms with van der Waals surface area (Å²) in [7, 11) is 0. The van der Waals surface area contributed by atoms with Crippen LogP contribution >= 0.6 is 0 Å². The van der Waals surface area contributed by atoms with Crippen molar-refractivity contribution in [2.45, 2.75) is 44.3 Å². The largest absolute Gasteiger partial charge is 0.310 e. The SMILES string of the molecule is c1cnn(CCCN2CCC(NC3CC3)C2)c1. The van der Waals surface area contributed by atoms with Crippen LogP contribution in [0.15, 0.2) is 18.5 Å². The van der Waals surface area contributed by atoms with E-state index >= 15 is 0 Å². The molecule has 1 saturated carbocycles. The quantitative estimate of drug-likeness (QED) is 0.800. The van der Waals surface area contributed by atoms with Gasteiger partial charge in [0.25, 0.3) is 0 Å². The highest BCUT2D eigenvalue weighted by Crippen LogP contribution is 2.21. The zero-order valence-corrected chi connectivity index (χ0v) is 10.4. The molecule has 1 saturated heterocycles. The standard InChI is InChI=1S/C13H22N4/c1-6-14-17(8-1)9-2-7-16-10-5-13(11-16)15-12-3-4-12/h1,6,8,12-13,15H,2-5,7,9-11H2. The van der Waals surface area contributed by atoms with Gasteiger partial charge in [-0.05, 0) is 44.8 Å². The van der Waals surface area contributed by atoms with Gasteiger partial charge in [-0.3, -0.25) is 4.68 Å². The van der Waals surface area contributed by atoms with E-state index in [1.807, 2.05) is 23.1 Å². The molecule has 0 radical (unpaired) electrons. The molecule has 2 heterocycles. The van der Waals surface area contributed by atoms with Gasteiger partial charge in [-0.15, -0.1) is 0 Å². The van der Waals surface area contributed by atoms with Crippen LogP contribution in [0.25, 0.3) is 0 Å². The Morgan fingerprint density at radius 1 is 1.18 bits per heavy atom. The molecule has 1 N–H and O–H groups in total. The summed E-state index contributed by atoms with van der Waals surface area (Å²) < 4.78 is 2.02. The van der Waals surface area contributed by atoms with Crippen molar-refractivity contribution >= 4 is 0 Å². The Morgan fingerprint density at radius 3 is 2.88 bits per heavy atom. The lowest BCUT2D eigenvalue weighted by molar-refractivity contribution is 0.312. The number of aryl methyl sites for hydroxylation is 1. The highest BCUT2D eigenvalue weighted by molar-refractivity contribution is 4.89.